The molecule has 0 bridgehead atoms. The lowest BCUT2D eigenvalue weighted by Gasteiger charge is -2.04. The molecule has 1 amide bonds. The van der Waals surface area contributed by atoms with Crippen LogP contribution in [0.1, 0.15) is 27.3 Å². The number of benzene rings is 1. The zero-order valence-electron chi connectivity index (χ0n) is 13.8. The van der Waals surface area contributed by atoms with Crippen LogP contribution in [0.3, 0.4) is 0 Å². The summed E-state index contributed by atoms with van der Waals surface area (Å²) in [4.78, 5) is 16.9. The Labute approximate surface area is 139 Å². The first-order valence-electron chi connectivity index (χ1n) is 7.52. The minimum Gasteiger partial charge on any atom is -0.496 e. The number of fused-ring (bicyclic) bond motifs is 1. The number of hydrogen-bond donors (Lipinski definition) is 1. The van der Waals surface area contributed by atoms with Gasteiger partial charge in [0.15, 0.2) is 0 Å². The highest BCUT2D eigenvalue weighted by molar-refractivity contribution is 5.95. The van der Waals surface area contributed by atoms with E-state index < -0.39 is 0 Å². The Morgan fingerprint density at radius 1 is 1.29 bits per heavy atom. The summed E-state index contributed by atoms with van der Waals surface area (Å²) in [5.41, 5.74) is 6.30. The van der Waals surface area contributed by atoms with Crippen molar-refractivity contribution in [3.63, 3.8) is 0 Å². The van der Waals surface area contributed by atoms with Crippen molar-refractivity contribution in [3.05, 3.63) is 65.1 Å². The number of nitrogens with one attached hydrogen (secondary N) is 1. The second-order valence-electron chi connectivity index (χ2n) is 5.42. The van der Waals surface area contributed by atoms with Crippen molar-refractivity contribution < 1.29 is 9.53 Å². The van der Waals surface area contributed by atoms with E-state index in [0.29, 0.717) is 17.1 Å². The average molecular weight is 322 g/mol. The highest BCUT2D eigenvalue weighted by Crippen LogP contribution is 2.15. The topological polar surface area (TPSA) is 68.0 Å². The number of pyridine rings is 1. The maximum absolute atomic E-state index is 12.5. The number of carbonyl (C=O) groups is 1. The third-order valence-corrected chi connectivity index (χ3v) is 3.68. The number of para-hydroxylation sites is 1. The van der Waals surface area contributed by atoms with Gasteiger partial charge < -0.3 is 4.74 Å². The molecule has 0 fully saturated rings. The lowest BCUT2D eigenvalue weighted by atomic mass is 10.2. The third kappa shape index (κ3) is 2.99. The summed E-state index contributed by atoms with van der Waals surface area (Å²) in [7, 11) is 1.59. The van der Waals surface area contributed by atoms with E-state index >= 15 is 0 Å². The van der Waals surface area contributed by atoms with E-state index in [2.05, 4.69) is 15.5 Å². The molecular formula is C18H18N4O2. The first-order chi connectivity index (χ1) is 11.6. The molecule has 0 aliphatic rings. The third-order valence-electron chi connectivity index (χ3n) is 3.68. The molecule has 1 aromatic carbocycles. The van der Waals surface area contributed by atoms with E-state index in [1.165, 1.54) is 0 Å². The van der Waals surface area contributed by atoms with Crippen LogP contribution in [0.4, 0.5) is 0 Å². The molecule has 24 heavy (non-hydrogen) atoms. The van der Waals surface area contributed by atoms with Gasteiger partial charge in [-0.1, -0.05) is 12.1 Å². The van der Waals surface area contributed by atoms with Crippen LogP contribution in [-0.2, 0) is 0 Å². The summed E-state index contributed by atoms with van der Waals surface area (Å²) >= 11 is 0. The van der Waals surface area contributed by atoms with Crippen LogP contribution in [0.25, 0.3) is 5.65 Å². The fraction of sp³-hybridized carbons (Fsp3) is 0.167. The summed E-state index contributed by atoms with van der Waals surface area (Å²) in [6.45, 7) is 3.79. The number of amides is 1. The van der Waals surface area contributed by atoms with Crippen molar-refractivity contribution in [2.75, 3.05) is 7.11 Å². The fourth-order valence-electron chi connectivity index (χ4n) is 2.52. The number of carbonyl (C=O) groups excluding carboxylic acids is 1. The number of imidazole rings is 1. The van der Waals surface area contributed by atoms with E-state index in [1.807, 2.05) is 49.5 Å². The molecule has 2 heterocycles. The van der Waals surface area contributed by atoms with Crippen molar-refractivity contribution in [1.29, 1.82) is 0 Å². The quantitative estimate of drug-likeness (QED) is 0.593. The minimum atomic E-state index is -0.310. The van der Waals surface area contributed by atoms with Crippen LogP contribution in [0.2, 0.25) is 0 Å². The molecule has 122 valence electrons. The Bertz CT molecular complexity index is 928. The van der Waals surface area contributed by atoms with E-state index in [4.69, 9.17) is 4.74 Å². The second-order valence-corrected chi connectivity index (χ2v) is 5.42. The van der Waals surface area contributed by atoms with E-state index in [-0.39, 0.29) is 5.91 Å². The highest BCUT2D eigenvalue weighted by atomic mass is 16.5. The van der Waals surface area contributed by atoms with Gasteiger partial charge in [0.2, 0.25) is 0 Å². The molecule has 6 nitrogen and oxygen atoms in total. The van der Waals surface area contributed by atoms with Gasteiger partial charge in [0, 0.05) is 11.8 Å². The predicted octanol–water partition coefficient (Wildman–Crippen LogP) is 2.72. The lowest BCUT2D eigenvalue weighted by Crippen LogP contribution is -2.20. The van der Waals surface area contributed by atoms with Gasteiger partial charge in [0.05, 0.1) is 19.0 Å². The van der Waals surface area contributed by atoms with Crippen LogP contribution in [0, 0.1) is 13.8 Å². The number of nitrogens with zero attached hydrogens (tertiary/aromatic N) is 3. The minimum absolute atomic E-state index is 0.310. The van der Waals surface area contributed by atoms with Crippen molar-refractivity contribution in [3.8, 4) is 5.75 Å². The average Bonchev–Trinajstić information content (AvgIpc) is 2.90. The Kier molecular flexibility index (Phi) is 4.29. The van der Waals surface area contributed by atoms with E-state index in [1.54, 1.807) is 24.6 Å². The van der Waals surface area contributed by atoms with Crippen LogP contribution < -0.4 is 10.2 Å². The molecule has 0 unspecified atom stereocenters. The van der Waals surface area contributed by atoms with Gasteiger partial charge in [-0.2, -0.15) is 5.10 Å². The maximum Gasteiger partial charge on any atom is 0.290 e. The van der Waals surface area contributed by atoms with Crippen LogP contribution >= 0.6 is 0 Å². The number of rotatable bonds is 4. The van der Waals surface area contributed by atoms with E-state index in [0.717, 1.165) is 16.8 Å². The Morgan fingerprint density at radius 3 is 2.88 bits per heavy atom. The van der Waals surface area contributed by atoms with Crippen molar-refractivity contribution >= 4 is 17.8 Å². The zero-order chi connectivity index (χ0) is 17.1. The summed E-state index contributed by atoms with van der Waals surface area (Å²) in [5, 5.41) is 4.03. The van der Waals surface area contributed by atoms with Gasteiger partial charge >= 0.3 is 0 Å². The Hall–Kier alpha value is -3.15. The Balaban J connectivity index is 1.83. The van der Waals surface area contributed by atoms with Crippen molar-refractivity contribution in [2.24, 2.45) is 5.10 Å². The highest BCUT2D eigenvalue weighted by Gasteiger charge is 2.16. The standard InChI is InChI=1S/C18H18N4O2/c1-12-8-9-22-16(10-12)20-13(2)17(22)18(23)21-19-11-14-6-4-5-7-15(14)24-3/h4-11H,1-3H3,(H,21,23)/b19-11-. The molecular weight excluding hydrogens is 304 g/mol. The molecule has 0 spiro atoms. The SMILES string of the molecule is COc1ccccc1/C=N\NC(=O)c1c(C)nc2cc(C)ccn12. The molecule has 0 radical (unpaired) electrons. The van der Waals surface area contributed by atoms with Gasteiger partial charge in [-0.05, 0) is 43.7 Å². The maximum atomic E-state index is 12.5. The molecule has 2 aromatic heterocycles. The van der Waals surface area contributed by atoms with Crippen LogP contribution in [0.5, 0.6) is 5.75 Å². The largest absolute Gasteiger partial charge is 0.496 e. The molecule has 6 heteroatoms. The number of methoxy groups -OCH3 is 1. The van der Waals surface area contributed by atoms with Crippen molar-refractivity contribution in [2.45, 2.75) is 13.8 Å². The molecule has 1 N–H and O–H groups in total. The molecule has 0 aliphatic heterocycles. The molecule has 0 aliphatic carbocycles. The van der Waals surface area contributed by atoms with E-state index in [9.17, 15) is 4.79 Å². The number of aryl methyl sites for hydroxylation is 2. The monoisotopic (exact) mass is 322 g/mol. The molecule has 0 saturated carbocycles. The fourth-order valence-corrected chi connectivity index (χ4v) is 2.52. The molecule has 3 rings (SSSR count). The number of hydrazone groups is 1. The molecule has 0 saturated heterocycles. The number of aromatic nitrogens is 2. The van der Waals surface area contributed by atoms with Gasteiger partial charge in [0.1, 0.15) is 17.1 Å². The second kappa shape index (κ2) is 6.54. The smallest absolute Gasteiger partial charge is 0.290 e. The number of hydrogen-bond acceptors (Lipinski definition) is 4. The molecule has 0 atom stereocenters. The van der Waals surface area contributed by atoms with Gasteiger partial charge in [-0.15, -0.1) is 0 Å². The summed E-state index contributed by atoms with van der Waals surface area (Å²) in [6.07, 6.45) is 3.39. The normalized spacial score (nSPS) is 11.1. The predicted molar refractivity (Wildman–Crippen MR) is 92.7 cm³/mol. The molecule has 3 aromatic rings. The van der Waals surface area contributed by atoms with Crippen LogP contribution in [0.15, 0.2) is 47.7 Å². The summed E-state index contributed by atoms with van der Waals surface area (Å²) < 4.78 is 7.01. The summed E-state index contributed by atoms with van der Waals surface area (Å²) in [6, 6.07) is 11.3. The Morgan fingerprint density at radius 2 is 2.08 bits per heavy atom. The summed E-state index contributed by atoms with van der Waals surface area (Å²) in [5.74, 6) is 0.381. The first kappa shape index (κ1) is 15.7. The van der Waals surface area contributed by atoms with Gasteiger partial charge in [0.25, 0.3) is 5.91 Å². The lowest BCUT2D eigenvalue weighted by molar-refractivity contribution is 0.0948. The van der Waals surface area contributed by atoms with Crippen LogP contribution in [-0.4, -0.2) is 28.6 Å². The van der Waals surface area contributed by atoms with Crippen molar-refractivity contribution in [1.82, 2.24) is 14.8 Å². The van der Waals surface area contributed by atoms with Gasteiger partial charge in [-0.25, -0.2) is 10.4 Å². The zero-order valence-corrected chi connectivity index (χ0v) is 13.8. The first-order valence-corrected chi connectivity index (χ1v) is 7.52. The number of ether oxygens (including phenoxy) is 1. The van der Waals surface area contributed by atoms with Gasteiger partial charge in [-0.3, -0.25) is 9.20 Å².